The van der Waals surface area contributed by atoms with E-state index in [1.165, 1.54) is 5.56 Å². The van der Waals surface area contributed by atoms with E-state index in [2.05, 4.69) is 43.9 Å². The molecule has 1 N–H and O–H groups in total. The van der Waals surface area contributed by atoms with Gasteiger partial charge in [0.15, 0.2) is 5.75 Å². The van der Waals surface area contributed by atoms with E-state index >= 15 is 0 Å². The van der Waals surface area contributed by atoms with Crippen LogP contribution in [0.3, 0.4) is 0 Å². The Kier molecular flexibility index (Phi) is 3.31. The van der Waals surface area contributed by atoms with E-state index < -0.39 is 0 Å². The van der Waals surface area contributed by atoms with E-state index in [4.69, 9.17) is 4.74 Å². The predicted octanol–water partition coefficient (Wildman–Crippen LogP) is 3.23. The molecule has 0 spiro atoms. The molecule has 0 fully saturated rings. The monoisotopic (exact) mass is 353 g/mol. The number of para-hydroxylation sites is 1. The molecule has 1 aliphatic heterocycles. The zero-order valence-corrected chi connectivity index (χ0v) is 11.8. The summed E-state index contributed by atoms with van der Waals surface area (Å²) in [6.07, 6.45) is 5.74. The fraction of sp³-hybridized carbons (Fsp3) is 0.231. The van der Waals surface area contributed by atoms with Crippen LogP contribution in [0, 0.1) is 3.57 Å². The molecule has 92 valence electrons. The van der Waals surface area contributed by atoms with Crippen LogP contribution in [0.15, 0.2) is 30.6 Å². The van der Waals surface area contributed by atoms with E-state index in [0.29, 0.717) is 6.01 Å². The number of nitrogens with zero attached hydrogens (tertiary/aromatic N) is 2. The average molecular weight is 353 g/mol. The molecule has 0 saturated carbocycles. The Bertz CT molecular complexity index is 557. The third-order valence-corrected chi connectivity index (χ3v) is 3.39. The Labute approximate surface area is 119 Å². The van der Waals surface area contributed by atoms with Crippen molar-refractivity contribution in [2.75, 3.05) is 11.9 Å². The van der Waals surface area contributed by atoms with Crippen molar-refractivity contribution < 1.29 is 4.74 Å². The number of anilines is 1. The van der Waals surface area contributed by atoms with Gasteiger partial charge in [0.1, 0.15) is 0 Å². The van der Waals surface area contributed by atoms with Crippen molar-refractivity contribution >= 4 is 28.3 Å². The SMILES string of the molecule is Ic1cnc(Oc2cccc3c2NCCC3)nc1. The van der Waals surface area contributed by atoms with Gasteiger partial charge in [-0.05, 0) is 47.1 Å². The number of ether oxygens (including phenoxy) is 1. The lowest BCUT2D eigenvalue weighted by molar-refractivity contribution is 0.441. The Morgan fingerprint density at radius 1 is 1.22 bits per heavy atom. The molecule has 2 aromatic rings. The van der Waals surface area contributed by atoms with Gasteiger partial charge in [-0.3, -0.25) is 0 Å². The maximum Gasteiger partial charge on any atom is 0.322 e. The summed E-state index contributed by atoms with van der Waals surface area (Å²) in [7, 11) is 0. The summed E-state index contributed by atoms with van der Waals surface area (Å²) in [5.74, 6) is 0.799. The lowest BCUT2D eigenvalue weighted by Crippen LogP contribution is -2.12. The summed E-state index contributed by atoms with van der Waals surface area (Å²) >= 11 is 2.17. The molecule has 18 heavy (non-hydrogen) atoms. The minimum Gasteiger partial charge on any atom is -0.422 e. The molecule has 1 aromatic carbocycles. The number of aryl methyl sites for hydroxylation is 1. The second-order valence-corrected chi connectivity index (χ2v) is 5.35. The van der Waals surface area contributed by atoms with Crippen LogP contribution in [0.2, 0.25) is 0 Å². The largest absolute Gasteiger partial charge is 0.422 e. The van der Waals surface area contributed by atoms with E-state index in [9.17, 15) is 0 Å². The average Bonchev–Trinajstić information content (AvgIpc) is 2.42. The Morgan fingerprint density at radius 2 is 2.06 bits per heavy atom. The molecule has 0 unspecified atom stereocenters. The smallest absolute Gasteiger partial charge is 0.322 e. The maximum atomic E-state index is 5.74. The maximum absolute atomic E-state index is 5.74. The number of fused-ring (bicyclic) bond motifs is 1. The highest BCUT2D eigenvalue weighted by Gasteiger charge is 2.14. The summed E-state index contributed by atoms with van der Waals surface area (Å²) < 4.78 is 6.74. The number of hydrogen-bond donors (Lipinski definition) is 1. The topological polar surface area (TPSA) is 47.0 Å². The summed E-state index contributed by atoms with van der Waals surface area (Å²) in [5.41, 5.74) is 2.37. The van der Waals surface area contributed by atoms with Crippen LogP contribution in [-0.4, -0.2) is 16.5 Å². The highest BCUT2D eigenvalue weighted by Crippen LogP contribution is 2.33. The van der Waals surface area contributed by atoms with Gasteiger partial charge in [-0.2, -0.15) is 0 Å². The van der Waals surface area contributed by atoms with Gasteiger partial charge in [-0.15, -0.1) is 0 Å². The van der Waals surface area contributed by atoms with Crippen LogP contribution in [0.25, 0.3) is 0 Å². The lowest BCUT2D eigenvalue weighted by Gasteiger charge is -2.20. The number of nitrogens with one attached hydrogen (secondary N) is 1. The molecule has 1 aromatic heterocycles. The normalized spacial score (nSPS) is 13.6. The summed E-state index contributed by atoms with van der Waals surface area (Å²) in [6, 6.07) is 6.46. The summed E-state index contributed by atoms with van der Waals surface area (Å²) in [6.45, 7) is 0.987. The van der Waals surface area contributed by atoms with Crippen molar-refractivity contribution in [3.63, 3.8) is 0 Å². The van der Waals surface area contributed by atoms with Crippen LogP contribution in [0.5, 0.6) is 11.8 Å². The second-order valence-electron chi connectivity index (χ2n) is 4.11. The number of aromatic nitrogens is 2. The van der Waals surface area contributed by atoms with Crippen LogP contribution in [0.1, 0.15) is 12.0 Å². The molecular formula is C13H12IN3O. The highest BCUT2D eigenvalue weighted by molar-refractivity contribution is 14.1. The van der Waals surface area contributed by atoms with Crippen molar-refractivity contribution in [3.8, 4) is 11.8 Å². The molecule has 0 radical (unpaired) electrons. The summed E-state index contributed by atoms with van der Waals surface area (Å²) in [5, 5.41) is 3.38. The van der Waals surface area contributed by atoms with Crippen LogP contribution < -0.4 is 10.1 Å². The number of halogens is 1. The second kappa shape index (κ2) is 5.09. The molecular weight excluding hydrogens is 341 g/mol. The quantitative estimate of drug-likeness (QED) is 0.843. The molecule has 1 aliphatic rings. The van der Waals surface area contributed by atoms with Crippen LogP contribution >= 0.6 is 22.6 Å². The highest BCUT2D eigenvalue weighted by atomic mass is 127. The van der Waals surface area contributed by atoms with Gasteiger partial charge >= 0.3 is 6.01 Å². The minimum absolute atomic E-state index is 0.385. The van der Waals surface area contributed by atoms with Crippen molar-refractivity contribution in [1.82, 2.24) is 9.97 Å². The van der Waals surface area contributed by atoms with E-state index in [0.717, 1.165) is 34.4 Å². The third-order valence-electron chi connectivity index (χ3n) is 2.84. The Hall–Kier alpha value is -1.37. The molecule has 0 aliphatic carbocycles. The standard InChI is InChI=1S/C13H12IN3O/c14-10-7-16-13(17-8-10)18-11-5-1-3-9-4-2-6-15-12(9)11/h1,3,5,7-8,15H,2,4,6H2. The fourth-order valence-corrected chi connectivity index (χ4v) is 2.29. The zero-order valence-electron chi connectivity index (χ0n) is 9.69. The molecule has 0 bridgehead atoms. The fourth-order valence-electron chi connectivity index (χ4n) is 2.01. The first kappa shape index (κ1) is 11.7. The van der Waals surface area contributed by atoms with Gasteiger partial charge in [0.05, 0.1) is 5.69 Å². The first-order chi connectivity index (χ1) is 8.83. The number of rotatable bonds is 2. The Balaban J connectivity index is 1.90. The molecule has 0 atom stereocenters. The van der Waals surface area contributed by atoms with Crippen LogP contribution in [0.4, 0.5) is 5.69 Å². The molecule has 2 heterocycles. The summed E-state index contributed by atoms with van der Waals surface area (Å²) in [4.78, 5) is 8.31. The molecule has 0 amide bonds. The lowest BCUT2D eigenvalue weighted by atomic mass is 10.0. The molecule has 5 heteroatoms. The molecule has 0 saturated heterocycles. The van der Waals surface area contributed by atoms with Crippen molar-refractivity contribution in [2.24, 2.45) is 0 Å². The first-order valence-corrected chi connectivity index (χ1v) is 6.92. The minimum atomic E-state index is 0.385. The first-order valence-electron chi connectivity index (χ1n) is 5.84. The van der Waals surface area contributed by atoms with Crippen molar-refractivity contribution in [2.45, 2.75) is 12.8 Å². The van der Waals surface area contributed by atoms with Crippen molar-refractivity contribution in [3.05, 3.63) is 39.7 Å². The van der Waals surface area contributed by atoms with Crippen molar-refractivity contribution in [1.29, 1.82) is 0 Å². The van der Waals surface area contributed by atoms with E-state index in [1.807, 2.05) is 12.1 Å². The van der Waals surface area contributed by atoms with Gasteiger partial charge in [-0.25, -0.2) is 9.97 Å². The number of benzene rings is 1. The van der Waals surface area contributed by atoms with Gasteiger partial charge in [0, 0.05) is 22.5 Å². The molecule has 3 rings (SSSR count). The van der Waals surface area contributed by atoms with Gasteiger partial charge in [0.2, 0.25) is 0 Å². The van der Waals surface area contributed by atoms with Gasteiger partial charge < -0.3 is 10.1 Å². The van der Waals surface area contributed by atoms with Gasteiger partial charge in [0.25, 0.3) is 0 Å². The zero-order chi connectivity index (χ0) is 12.4. The third kappa shape index (κ3) is 2.40. The number of hydrogen-bond acceptors (Lipinski definition) is 4. The van der Waals surface area contributed by atoms with Gasteiger partial charge in [-0.1, -0.05) is 12.1 Å². The van der Waals surface area contributed by atoms with E-state index in [1.54, 1.807) is 12.4 Å². The Morgan fingerprint density at radius 3 is 2.89 bits per heavy atom. The van der Waals surface area contributed by atoms with Crippen LogP contribution in [-0.2, 0) is 6.42 Å². The predicted molar refractivity (Wildman–Crippen MR) is 78.1 cm³/mol. The molecule has 4 nitrogen and oxygen atoms in total. The van der Waals surface area contributed by atoms with E-state index in [-0.39, 0.29) is 0 Å².